The summed E-state index contributed by atoms with van der Waals surface area (Å²) in [5, 5.41) is 14.4. The Kier molecular flexibility index (Phi) is 4.89. The molecule has 0 saturated heterocycles. The van der Waals surface area contributed by atoms with Crippen LogP contribution in [0, 0.1) is 0 Å². The van der Waals surface area contributed by atoms with E-state index in [0.29, 0.717) is 18.2 Å². The molecule has 150 valence electrons. The lowest BCUT2D eigenvalue weighted by molar-refractivity contribution is 0.0946. The summed E-state index contributed by atoms with van der Waals surface area (Å²) in [6.07, 6.45) is 6.10. The highest BCUT2D eigenvalue weighted by Gasteiger charge is 2.26. The molecule has 0 atom stereocenters. The predicted molar refractivity (Wildman–Crippen MR) is 115 cm³/mol. The van der Waals surface area contributed by atoms with Crippen molar-refractivity contribution in [2.45, 2.75) is 31.8 Å². The molecule has 1 aliphatic rings. The van der Waals surface area contributed by atoms with Crippen LogP contribution in [0.5, 0.6) is 0 Å². The van der Waals surface area contributed by atoms with Crippen molar-refractivity contribution in [3.63, 3.8) is 0 Å². The zero-order chi connectivity index (χ0) is 20.3. The Morgan fingerprint density at radius 2 is 1.93 bits per heavy atom. The summed E-state index contributed by atoms with van der Waals surface area (Å²) in [6, 6.07) is 20.4. The third-order valence-electron chi connectivity index (χ3n) is 5.47. The molecule has 6 nitrogen and oxygen atoms in total. The van der Waals surface area contributed by atoms with Gasteiger partial charge in [-0.05, 0) is 47.2 Å². The van der Waals surface area contributed by atoms with Crippen LogP contribution in [-0.4, -0.2) is 25.9 Å². The van der Waals surface area contributed by atoms with Crippen LogP contribution in [-0.2, 0) is 13.1 Å². The van der Waals surface area contributed by atoms with Crippen molar-refractivity contribution in [2.24, 2.45) is 0 Å². The van der Waals surface area contributed by atoms with Crippen LogP contribution >= 0.6 is 0 Å². The van der Waals surface area contributed by atoms with Crippen molar-refractivity contribution in [1.82, 2.24) is 25.3 Å². The molecule has 5 rings (SSSR count). The molecule has 1 saturated carbocycles. The van der Waals surface area contributed by atoms with Gasteiger partial charge in [0.05, 0.1) is 6.54 Å². The van der Waals surface area contributed by atoms with Gasteiger partial charge in [-0.15, -0.1) is 0 Å². The minimum Gasteiger partial charge on any atom is -0.347 e. The van der Waals surface area contributed by atoms with E-state index in [4.69, 9.17) is 0 Å². The van der Waals surface area contributed by atoms with E-state index in [1.165, 1.54) is 18.4 Å². The van der Waals surface area contributed by atoms with E-state index in [0.717, 1.165) is 28.9 Å². The Bertz CT molecular complexity index is 1140. The quantitative estimate of drug-likeness (QED) is 0.492. The maximum absolute atomic E-state index is 12.5. The Morgan fingerprint density at radius 1 is 1.10 bits per heavy atom. The second-order valence-corrected chi connectivity index (χ2v) is 7.72. The smallest absolute Gasteiger partial charge is 0.272 e. The highest BCUT2D eigenvalue weighted by atomic mass is 16.1. The fourth-order valence-electron chi connectivity index (χ4n) is 3.65. The lowest BCUT2D eigenvalue weighted by Gasteiger charge is -2.11. The van der Waals surface area contributed by atoms with Gasteiger partial charge in [-0.25, -0.2) is 0 Å². The van der Waals surface area contributed by atoms with Crippen molar-refractivity contribution in [3.05, 3.63) is 95.6 Å². The molecule has 2 aromatic heterocycles. The van der Waals surface area contributed by atoms with Crippen LogP contribution in [0.4, 0.5) is 0 Å². The second kappa shape index (κ2) is 7.99. The van der Waals surface area contributed by atoms with Gasteiger partial charge < -0.3 is 5.32 Å². The molecule has 6 heteroatoms. The summed E-state index contributed by atoms with van der Waals surface area (Å²) < 4.78 is 1.90. The summed E-state index contributed by atoms with van der Waals surface area (Å²) in [5.41, 5.74) is 6.03. The molecular formula is C24H23N5O. The van der Waals surface area contributed by atoms with Crippen LogP contribution in [0.25, 0.3) is 11.1 Å². The van der Waals surface area contributed by atoms with Crippen LogP contribution in [0.3, 0.4) is 0 Å². The van der Waals surface area contributed by atoms with Crippen molar-refractivity contribution in [3.8, 4) is 11.1 Å². The molecule has 30 heavy (non-hydrogen) atoms. The maximum atomic E-state index is 12.5. The average Bonchev–Trinajstić information content (AvgIpc) is 3.28. The van der Waals surface area contributed by atoms with Gasteiger partial charge in [0.15, 0.2) is 0 Å². The molecule has 0 aliphatic heterocycles. The van der Waals surface area contributed by atoms with Crippen LogP contribution in [0.2, 0.25) is 0 Å². The first kappa shape index (κ1) is 18.4. The van der Waals surface area contributed by atoms with Gasteiger partial charge in [0.25, 0.3) is 5.91 Å². The van der Waals surface area contributed by atoms with E-state index < -0.39 is 0 Å². The topological polar surface area (TPSA) is 75.6 Å². The molecule has 1 fully saturated rings. The standard InChI is InChI=1S/C24H23N5O/c30-24(23-14-22(27-28-23)19-10-11-19)25-15-20-4-1-2-5-21(20)18-8-6-17(7-9-18)16-29-13-3-12-26-29/h1-9,12-14,19H,10-11,15-16H2,(H,25,30)(H,27,28). The number of carbonyl (C=O) groups is 1. The van der Waals surface area contributed by atoms with E-state index in [1.54, 1.807) is 6.20 Å². The second-order valence-electron chi connectivity index (χ2n) is 7.72. The molecule has 0 bridgehead atoms. The summed E-state index contributed by atoms with van der Waals surface area (Å²) in [5.74, 6) is 0.401. The van der Waals surface area contributed by atoms with Gasteiger partial charge >= 0.3 is 0 Å². The normalized spacial score (nSPS) is 13.3. The Labute approximate surface area is 175 Å². The minimum absolute atomic E-state index is 0.150. The van der Waals surface area contributed by atoms with Crippen LogP contribution < -0.4 is 5.32 Å². The zero-order valence-electron chi connectivity index (χ0n) is 16.6. The van der Waals surface area contributed by atoms with Gasteiger partial charge in [0, 0.05) is 30.6 Å². The monoisotopic (exact) mass is 397 g/mol. The fourth-order valence-corrected chi connectivity index (χ4v) is 3.65. The molecule has 1 amide bonds. The molecule has 2 N–H and O–H groups in total. The summed E-state index contributed by atoms with van der Waals surface area (Å²) in [7, 11) is 0. The number of benzene rings is 2. The van der Waals surface area contributed by atoms with E-state index in [9.17, 15) is 4.79 Å². The number of aromatic nitrogens is 4. The number of H-pyrrole nitrogens is 1. The summed E-state index contributed by atoms with van der Waals surface area (Å²) in [6.45, 7) is 1.20. The highest BCUT2D eigenvalue weighted by Crippen LogP contribution is 2.39. The number of nitrogens with zero attached hydrogens (tertiary/aromatic N) is 3. The number of amides is 1. The average molecular weight is 397 g/mol. The summed E-state index contributed by atoms with van der Waals surface area (Å²) >= 11 is 0. The largest absolute Gasteiger partial charge is 0.347 e. The Balaban J connectivity index is 1.28. The first-order valence-corrected chi connectivity index (χ1v) is 10.2. The Hall–Kier alpha value is -3.67. The lowest BCUT2D eigenvalue weighted by Crippen LogP contribution is -2.23. The first-order valence-electron chi connectivity index (χ1n) is 10.2. The number of hydrogen-bond acceptors (Lipinski definition) is 3. The predicted octanol–water partition coefficient (Wildman–Crippen LogP) is 4.13. The number of aromatic amines is 1. The maximum Gasteiger partial charge on any atom is 0.272 e. The van der Waals surface area contributed by atoms with E-state index in [1.807, 2.05) is 41.2 Å². The Morgan fingerprint density at radius 3 is 2.70 bits per heavy atom. The number of carbonyl (C=O) groups excluding carboxylic acids is 1. The molecule has 4 aromatic rings. The molecule has 0 radical (unpaired) electrons. The molecular weight excluding hydrogens is 374 g/mol. The van der Waals surface area contributed by atoms with Gasteiger partial charge in [0.2, 0.25) is 0 Å². The molecule has 1 aliphatic carbocycles. The highest BCUT2D eigenvalue weighted by molar-refractivity contribution is 5.92. The number of rotatable bonds is 7. The SMILES string of the molecule is O=C(NCc1ccccc1-c1ccc(Cn2cccn2)cc1)c1cc(C2CC2)[nH]n1. The van der Waals surface area contributed by atoms with Crippen molar-refractivity contribution < 1.29 is 4.79 Å². The molecule has 2 aromatic carbocycles. The van der Waals surface area contributed by atoms with E-state index in [2.05, 4.69) is 50.9 Å². The first-order chi connectivity index (χ1) is 14.8. The van der Waals surface area contributed by atoms with Crippen molar-refractivity contribution in [1.29, 1.82) is 0 Å². The van der Waals surface area contributed by atoms with Crippen LogP contribution in [0.1, 0.15) is 46.1 Å². The van der Waals surface area contributed by atoms with Crippen LogP contribution in [0.15, 0.2) is 73.1 Å². The minimum atomic E-state index is -0.150. The lowest BCUT2D eigenvalue weighted by atomic mass is 9.98. The molecule has 0 spiro atoms. The third-order valence-corrected chi connectivity index (χ3v) is 5.47. The van der Waals surface area contributed by atoms with E-state index >= 15 is 0 Å². The van der Waals surface area contributed by atoms with E-state index in [-0.39, 0.29) is 5.91 Å². The third kappa shape index (κ3) is 4.03. The zero-order valence-corrected chi connectivity index (χ0v) is 16.6. The van der Waals surface area contributed by atoms with Gasteiger partial charge in [-0.3, -0.25) is 14.6 Å². The number of nitrogens with one attached hydrogen (secondary N) is 2. The molecule has 0 unspecified atom stereocenters. The summed E-state index contributed by atoms with van der Waals surface area (Å²) in [4.78, 5) is 12.5. The fraction of sp³-hybridized carbons (Fsp3) is 0.208. The van der Waals surface area contributed by atoms with Crippen molar-refractivity contribution >= 4 is 5.91 Å². The van der Waals surface area contributed by atoms with Gasteiger partial charge in [0.1, 0.15) is 5.69 Å². The molecule has 2 heterocycles. The van der Waals surface area contributed by atoms with Gasteiger partial charge in [-0.2, -0.15) is 10.2 Å². The van der Waals surface area contributed by atoms with Gasteiger partial charge in [-0.1, -0.05) is 48.5 Å². The van der Waals surface area contributed by atoms with Crippen molar-refractivity contribution in [2.75, 3.05) is 0 Å². The number of hydrogen-bond donors (Lipinski definition) is 2.